The van der Waals surface area contributed by atoms with Gasteiger partial charge < -0.3 is 14.7 Å². The van der Waals surface area contributed by atoms with E-state index in [0.717, 1.165) is 4.88 Å². The van der Waals surface area contributed by atoms with Crippen molar-refractivity contribution in [3.05, 3.63) is 15.8 Å². The number of ether oxygens (including phenoxy) is 1. The summed E-state index contributed by atoms with van der Waals surface area (Å²) < 4.78 is 5.17. The van der Waals surface area contributed by atoms with E-state index in [2.05, 4.69) is 0 Å². The minimum absolute atomic E-state index is 0.131. The fourth-order valence-corrected chi connectivity index (χ4v) is 3.03. The van der Waals surface area contributed by atoms with Gasteiger partial charge >= 0.3 is 5.97 Å². The van der Waals surface area contributed by atoms with Gasteiger partial charge in [0, 0.05) is 18.0 Å². The van der Waals surface area contributed by atoms with E-state index in [1.807, 2.05) is 13.0 Å². The molecular formula is C12H15NO4S. The first-order valence-electron chi connectivity index (χ1n) is 5.69. The van der Waals surface area contributed by atoms with E-state index in [-0.39, 0.29) is 12.5 Å². The lowest BCUT2D eigenvalue weighted by molar-refractivity contribution is -0.141. The Bertz CT molecular complexity index is 482. The molecule has 1 aliphatic rings. The predicted molar refractivity (Wildman–Crippen MR) is 67.3 cm³/mol. The van der Waals surface area contributed by atoms with Crippen LogP contribution in [0.4, 0.5) is 0 Å². The molecule has 0 aromatic carbocycles. The smallest absolute Gasteiger partial charge is 0.308 e. The molecule has 18 heavy (non-hydrogen) atoms. The van der Waals surface area contributed by atoms with Crippen molar-refractivity contribution in [1.82, 2.24) is 4.90 Å². The number of amides is 1. The van der Waals surface area contributed by atoms with E-state index in [4.69, 9.17) is 9.84 Å². The number of likely N-dealkylation sites (tertiary alicyclic amines) is 1. The number of methoxy groups -OCH3 is 1. The van der Waals surface area contributed by atoms with Crippen LogP contribution in [0.15, 0.2) is 6.07 Å². The number of nitrogens with zero attached hydrogens (tertiary/aromatic N) is 1. The van der Waals surface area contributed by atoms with Crippen LogP contribution in [-0.4, -0.2) is 42.1 Å². The highest BCUT2D eigenvalue weighted by Gasteiger charge is 2.32. The molecule has 0 bridgehead atoms. The van der Waals surface area contributed by atoms with Crippen LogP contribution in [0.2, 0.25) is 0 Å². The molecule has 0 aliphatic carbocycles. The van der Waals surface area contributed by atoms with Gasteiger partial charge in [0.15, 0.2) is 0 Å². The number of hydrogen-bond acceptors (Lipinski definition) is 4. The summed E-state index contributed by atoms with van der Waals surface area (Å²) in [5.41, 5.74) is 0. The molecule has 2 heterocycles. The van der Waals surface area contributed by atoms with Crippen LogP contribution in [0.5, 0.6) is 5.75 Å². The number of carbonyl (C=O) groups excluding carboxylic acids is 1. The maximum Gasteiger partial charge on any atom is 0.308 e. The van der Waals surface area contributed by atoms with Gasteiger partial charge in [0.05, 0.1) is 13.0 Å². The molecule has 6 heteroatoms. The molecule has 98 valence electrons. The molecule has 0 spiro atoms. The Hall–Kier alpha value is -1.56. The van der Waals surface area contributed by atoms with Crippen LogP contribution in [0.1, 0.15) is 21.0 Å². The summed E-state index contributed by atoms with van der Waals surface area (Å²) >= 11 is 1.38. The summed E-state index contributed by atoms with van der Waals surface area (Å²) in [6, 6.07) is 1.82. The maximum atomic E-state index is 12.3. The second-order valence-electron chi connectivity index (χ2n) is 4.33. The van der Waals surface area contributed by atoms with Crippen molar-refractivity contribution in [2.24, 2.45) is 5.92 Å². The minimum atomic E-state index is -0.834. The van der Waals surface area contributed by atoms with Crippen molar-refractivity contribution < 1.29 is 19.4 Å². The van der Waals surface area contributed by atoms with Crippen molar-refractivity contribution >= 4 is 23.2 Å². The lowest BCUT2D eigenvalue weighted by atomic mass is 10.1. The maximum absolute atomic E-state index is 12.3. The van der Waals surface area contributed by atoms with Crippen molar-refractivity contribution in [2.75, 3.05) is 20.2 Å². The SMILES string of the molecule is COc1cc(C)sc1C(=O)N1CCC(C(=O)O)C1. The molecule has 1 saturated heterocycles. The fourth-order valence-electron chi connectivity index (χ4n) is 2.08. The fraction of sp³-hybridized carbons (Fsp3) is 0.500. The zero-order valence-corrected chi connectivity index (χ0v) is 11.1. The Balaban J connectivity index is 2.15. The largest absolute Gasteiger partial charge is 0.495 e. The highest BCUT2D eigenvalue weighted by Crippen LogP contribution is 2.31. The van der Waals surface area contributed by atoms with E-state index >= 15 is 0 Å². The molecule has 5 nitrogen and oxygen atoms in total. The standard InChI is InChI=1S/C12H15NO4S/c1-7-5-9(17-2)10(18-7)11(14)13-4-3-8(6-13)12(15)16/h5,8H,3-4,6H2,1-2H3,(H,15,16). The Morgan fingerprint density at radius 1 is 1.56 bits per heavy atom. The minimum Gasteiger partial charge on any atom is -0.495 e. The monoisotopic (exact) mass is 269 g/mol. The summed E-state index contributed by atoms with van der Waals surface area (Å²) in [6.45, 7) is 2.69. The second kappa shape index (κ2) is 4.97. The summed E-state index contributed by atoms with van der Waals surface area (Å²) in [5, 5.41) is 8.93. The molecule has 1 amide bonds. The van der Waals surface area contributed by atoms with Gasteiger partial charge in [-0.25, -0.2) is 0 Å². The highest BCUT2D eigenvalue weighted by molar-refractivity contribution is 7.14. The first-order valence-corrected chi connectivity index (χ1v) is 6.51. The van der Waals surface area contributed by atoms with Gasteiger partial charge in [-0.1, -0.05) is 0 Å². The third-order valence-electron chi connectivity index (χ3n) is 3.06. The first-order chi connectivity index (χ1) is 8.52. The zero-order chi connectivity index (χ0) is 13.3. The van der Waals surface area contributed by atoms with E-state index < -0.39 is 11.9 Å². The van der Waals surface area contributed by atoms with E-state index in [9.17, 15) is 9.59 Å². The van der Waals surface area contributed by atoms with Gasteiger partial charge in [-0.15, -0.1) is 11.3 Å². The average Bonchev–Trinajstić information content (AvgIpc) is 2.94. The van der Waals surface area contributed by atoms with Crippen molar-refractivity contribution in [2.45, 2.75) is 13.3 Å². The summed E-state index contributed by atoms with van der Waals surface area (Å²) in [4.78, 5) is 26.3. The van der Waals surface area contributed by atoms with E-state index in [1.54, 1.807) is 4.90 Å². The Kier molecular flexibility index (Phi) is 3.56. The number of aliphatic carboxylic acids is 1. The Labute approximate surface area is 109 Å². The van der Waals surface area contributed by atoms with Crippen LogP contribution < -0.4 is 4.74 Å². The van der Waals surface area contributed by atoms with Crippen LogP contribution >= 0.6 is 11.3 Å². The molecule has 1 aliphatic heterocycles. The lowest BCUT2D eigenvalue weighted by Crippen LogP contribution is -2.29. The van der Waals surface area contributed by atoms with E-state index in [0.29, 0.717) is 23.6 Å². The highest BCUT2D eigenvalue weighted by atomic mass is 32.1. The molecule has 1 fully saturated rings. The van der Waals surface area contributed by atoms with Gasteiger partial charge in [-0.2, -0.15) is 0 Å². The van der Waals surface area contributed by atoms with Gasteiger partial charge in [0.25, 0.3) is 5.91 Å². The third kappa shape index (κ3) is 2.33. The molecule has 2 rings (SSSR count). The third-order valence-corrected chi connectivity index (χ3v) is 4.08. The average molecular weight is 269 g/mol. The molecule has 1 unspecified atom stereocenters. The van der Waals surface area contributed by atoms with Crippen molar-refractivity contribution in [1.29, 1.82) is 0 Å². The normalized spacial score (nSPS) is 19.0. The number of rotatable bonds is 3. The second-order valence-corrected chi connectivity index (χ2v) is 5.59. The Morgan fingerprint density at radius 3 is 2.83 bits per heavy atom. The molecule has 1 aromatic heterocycles. The number of carbonyl (C=O) groups is 2. The van der Waals surface area contributed by atoms with Crippen LogP contribution in [0.25, 0.3) is 0 Å². The van der Waals surface area contributed by atoms with Gasteiger partial charge in [0.2, 0.25) is 0 Å². The lowest BCUT2D eigenvalue weighted by Gasteiger charge is -2.15. The quantitative estimate of drug-likeness (QED) is 0.905. The molecule has 1 atom stereocenters. The van der Waals surface area contributed by atoms with Crippen LogP contribution in [-0.2, 0) is 4.79 Å². The topological polar surface area (TPSA) is 66.8 Å². The van der Waals surface area contributed by atoms with Crippen LogP contribution in [0, 0.1) is 12.8 Å². The number of hydrogen-bond donors (Lipinski definition) is 1. The first kappa shape index (κ1) is 12.9. The summed E-state index contributed by atoms with van der Waals surface area (Å²) in [5.74, 6) is -0.837. The van der Waals surface area contributed by atoms with Crippen LogP contribution in [0.3, 0.4) is 0 Å². The number of aryl methyl sites for hydroxylation is 1. The molecule has 1 aromatic rings. The molecular weight excluding hydrogens is 254 g/mol. The molecule has 1 N–H and O–H groups in total. The van der Waals surface area contributed by atoms with Gasteiger partial charge in [0.1, 0.15) is 10.6 Å². The van der Waals surface area contributed by atoms with Gasteiger partial charge in [-0.3, -0.25) is 9.59 Å². The predicted octanol–water partition coefficient (Wildman–Crippen LogP) is 1.61. The molecule has 0 saturated carbocycles. The number of thiophene rings is 1. The zero-order valence-electron chi connectivity index (χ0n) is 10.3. The summed E-state index contributed by atoms with van der Waals surface area (Å²) in [6.07, 6.45) is 0.522. The van der Waals surface area contributed by atoms with Crippen molar-refractivity contribution in [3.63, 3.8) is 0 Å². The molecule has 0 radical (unpaired) electrons. The van der Waals surface area contributed by atoms with Gasteiger partial charge in [-0.05, 0) is 19.4 Å². The summed E-state index contributed by atoms with van der Waals surface area (Å²) in [7, 11) is 1.53. The van der Waals surface area contributed by atoms with E-state index in [1.165, 1.54) is 18.4 Å². The van der Waals surface area contributed by atoms with Crippen molar-refractivity contribution in [3.8, 4) is 5.75 Å². The number of carboxylic acid groups (broad SMARTS) is 1. The number of carboxylic acids is 1. The Morgan fingerprint density at radius 2 is 2.28 bits per heavy atom.